The Kier molecular flexibility index (Phi) is 5.59. The van der Waals surface area contributed by atoms with Crippen LogP contribution in [0.25, 0.3) is 0 Å². The Morgan fingerprint density at radius 1 is 1.24 bits per heavy atom. The molecule has 0 aliphatic rings. The number of nitrogens with zero attached hydrogens (tertiary/aromatic N) is 2. The Balaban J connectivity index is 2.17. The maximum atomic E-state index is 9.02. The van der Waals surface area contributed by atoms with Gasteiger partial charge in [-0.3, -0.25) is 0 Å². The first kappa shape index (κ1) is 15.3. The summed E-state index contributed by atoms with van der Waals surface area (Å²) in [5.74, 6) is 1.37. The van der Waals surface area contributed by atoms with E-state index in [9.17, 15) is 0 Å². The monoisotopic (exact) mass is 346 g/mol. The molecule has 0 spiro atoms. The Hall–Kier alpha value is -2.06. The van der Waals surface area contributed by atoms with Crippen LogP contribution in [0.3, 0.4) is 0 Å². The number of nitriles is 1. The molecule has 0 unspecified atom stereocenters. The van der Waals surface area contributed by atoms with Crippen molar-refractivity contribution in [2.45, 2.75) is 18.9 Å². The number of hydrogen-bond acceptors (Lipinski definition) is 4. The van der Waals surface area contributed by atoms with Gasteiger partial charge in [0.1, 0.15) is 18.4 Å². The van der Waals surface area contributed by atoms with Gasteiger partial charge in [-0.15, -0.1) is 0 Å². The van der Waals surface area contributed by atoms with E-state index >= 15 is 0 Å². The molecule has 0 atom stereocenters. The van der Waals surface area contributed by atoms with E-state index in [0.29, 0.717) is 23.8 Å². The molecule has 1 heterocycles. The van der Waals surface area contributed by atoms with Crippen LogP contribution in [0.15, 0.2) is 36.5 Å². The van der Waals surface area contributed by atoms with Gasteiger partial charge < -0.3 is 9.47 Å². The smallest absolute Gasteiger partial charge is 0.161 e. The van der Waals surface area contributed by atoms with E-state index in [2.05, 4.69) is 27.0 Å². The van der Waals surface area contributed by atoms with Crippen molar-refractivity contribution in [2.75, 3.05) is 6.61 Å². The highest BCUT2D eigenvalue weighted by Gasteiger charge is 2.08. The van der Waals surface area contributed by atoms with Crippen LogP contribution in [-0.4, -0.2) is 11.6 Å². The highest BCUT2D eigenvalue weighted by Crippen LogP contribution is 2.30. The summed E-state index contributed by atoms with van der Waals surface area (Å²) in [5, 5.41) is 9.78. The lowest BCUT2D eigenvalue weighted by molar-refractivity contribution is 0.268. The summed E-state index contributed by atoms with van der Waals surface area (Å²) in [6, 6.07) is 11.5. The van der Waals surface area contributed by atoms with Crippen LogP contribution in [0.4, 0.5) is 0 Å². The number of benzene rings is 1. The molecule has 21 heavy (non-hydrogen) atoms. The van der Waals surface area contributed by atoms with Crippen molar-refractivity contribution in [3.8, 4) is 17.6 Å². The van der Waals surface area contributed by atoms with Gasteiger partial charge in [0.15, 0.2) is 11.5 Å². The first-order valence-corrected chi connectivity index (χ1v) is 7.69. The second-order valence-corrected chi connectivity index (χ2v) is 4.82. The van der Waals surface area contributed by atoms with Gasteiger partial charge in [-0.25, -0.2) is 4.98 Å². The van der Waals surface area contributed by atoms with E-state index < -0.39 is 0 Å². The van der Waals surface area contributed by atoms with Gasteiger partial charge in [-0.1, -0.05) is 28.1 Å². The topological polar surface area (TPSA) is 55.1 Å². The van der Waals surface area contributed by atoms with Gasteiger partial charge in [0, 0.05) is 17.1 Å². The number of halogens is 1. The first-order chi connectivity index (χ1) is 10.3. The highest BCUT2D eigenvalue weighted by molar-refractivity contribution is 9.08. The summed E-state index contributed by atoms with van der Waals surface area (Å²) in [6.45, 7) is 2.78. The van der Waals surface area contributed by atoms with Gasteiger partial charge in [-0.2, -0.15) is 5.26 Å². The second-order valence-electron chi connectivity index (χ2n) is 4.26. The fourth-order valence-corrected chi connectivity index (χ4v) is 2.18. The van der Waals surface area contributed by atoms with Crippen molar-refractivity contribution in [2.24, 2.45) is 0 Å². The van der Waals surface area contributed by atoms with Crippen molar-refractivity contribution in [3.63, 3.8) is 0 Å². The van der Waals surface area contributed by atoms with Crippen LogP contribution >= 0.6 is 15.9 Å². The molecule has 4 nitrogen and oxygen atoms in total. The number of rotatable bonds is 6. The SMILES string of the molecule is CCOc1cc(CBr)ccc1OCc1cccnc1C#N. The second kappa shape index (κ2) is 7.65. The number of hydrogen-bond donors (Lipinski definition) is 0. The molecule has 0 saturated carbocycles. The maximum Gasteiger partial charge on any atom is 0.161 e. The average Bonchev–Trinajstić information content (AvgIpc) is 2.54. The number of pyridine rings is 1. The zero-order valence-electron chi connectivity index (χ0n) is 11.7. The Morgan fingerprint density at radius 3 is 2.81 bits per heavy atom. The molecule has 0 aliphatic heterocycles. The van der Waals surface area contributed by atoms with Crippen LogP contribution in [0, 0.1) is 11.3 Å². The number of ether oxygens (including phenoxy) is 2. The zero-order valence-corrected chi connectivity index (χ0v) is 13.3. The molecule has 2 rings (SSSR count). The van der Waals surface area contributed by atoms with Gasteiger partial charge in [-0.05, 0) is 30.7 Å². The van der Waals surface area contributed by atoms with Crippen LogP contribution in [0.1, 0.15) is 23.7 Å². The fourth-order valence-electron chi connectivity index (χ4n) is 1.83. The molecule has 2 aromatic rings. The normalized spacial score (nSPS) is 9.95. The highest BCUT2D eigenvalue weighted by atomic mass is 79.9. The molecule has 0 amide bonds. The van der Waals surface area contributed by atoms with E-state index in [0.717, 1.165) is 16.5 Å². The third-order valence-corrected chi connectivity index (χ3v) is 3.49. The minimum atomic E-state index is 0.282. The van der Waals surface area contributed by atoms with Crippen LogP contribution < -0.4 is 9.47 Å². The summed E-state index contributed by atoms with van der Waals surface area (Å²) in [6.07, 6.45) is 1.60. The summed E-state index contributed by atoms with van der Waals surface area (Å²) >= 11 is 3.42. The van der Waals surface area contributed by atoms with Crippen molar-refractivity contribution < 1.29 is 9.47 Å². The lowest BCUT2D eigenvalue weighted by atomic mass is 10.2. The Morgan fingerprint density at radius 2 is 2.10 bits per heavy atom. The zero-order chi connectivity index (χ0) is 15.1. The van der Waals surface area contributed by atoms with E-state index in [1.807, 2.05) is 31.2 Å². The Bertz CT molecular complexity index is 653. The predicted octanol–water partition coefficient (Wildman–Crippen LogP) is 3.83. The minimum absolute atomic E-state index is 0.282. The molecular weight excluding hydrogens is 332 g/mol. The predicted molar refractivity (Wildman–Crippen MR) is 83.5 cm³/mol. The molecule has 1 aromatic heterocycles. The molecule has 0 saturated heterocycles. The van der Waals surface area contributed by atoms with Gasteiger partial charge in [0.25, 0.3) is 0 Å². The molecule has 1 aromatic carbocycles. The molecule has 108 valence electrons. The van der Waals surface area contributed by atoms with Gasteiger partial charge in [0.2, 0.25) is 0 Å². The van der Waals surface area contributed by atoms with E-state index in [-0.39, 0.29) is 6.61 Å². The first-order valence-electron chi connectivity index (χ1n) is 6.57. The number of alkyl halides is 1. The van der Waals surface area contributed by atoms with Crippen LogP contribution in [0.2, 0.25) is 0 Å². The Labute approximate surface area is 132 Å². The average molecular weight is 347 g/mol. The van der Waals surface area contributed by atoms with Gasteiger partial charge in [0.05, 0.1) is 6.61 Å². The summed E-state index contributed by atoms with van der Waals surface area (Å²) in [4.78, 5) is 4.02. The third-order valence-electron chi connectivity index (χ3n) is 2.84. The molecule has 0 radical (unpaired) electrons. The van der Waals surface area contributed by atoms with Gasteiger partial charge >= 0.3 is 0 Å². The van der Waals surface area contributed by atoms with E-state index in [4.69, 9.17) is 14.7 Å². The summed E-state index contributed by atoms with van der Waals surface area (Å²) < 4.78 is 11.4. The quantitative estimate of drug-likeness (QED) is 0.746. The molecule has 0 aliphatic carbocycles. The number of aromatic nitrogens is 1. The van der Waals surface area contributed by atoms with Crippen LogP contribution in [0.5, 0.6) is 11.5 Å². The van der Waals surface area contributed by atoms with Crippen molar-refractivity contribution in [3.05, 3.63) is 53.3 Å². The van der Waals surface area contributed by atoms with Crippen molar-refractivity contribution >= 4 is 15.9 Å². The third kappa shape index (κ3) is 3.96. The molecule has 5 heteroatoms. The summed E-state index contributed by atoms with van der Waals surface area (Å²) in [7, 11) is 0. The molecule has 0 N–H and O–H groups in total. The van der Waals surface area contributed by atoms with Crippen LogP contribution in [-0.2, 0) is 11.9 Å². The molecular formula is C16H15BrN2O2. The minimum Gasteiger partial charge on any atom is -0.490 e. The molecule has 0 bridgehead atoms. The van der Waals surface area contributed by atoms with Crippen molar-refractivity contribution in [1.82, 2.24) is 4.98 Å². The largest absolute Gasteiger partial charge is 0.490 e. The summed E-state index contributed by atoms with van der Waals surface area (Å²) in [5.41, 5.74) is 2.25. The molecule has 0 fully saturated rings. The lowest BCUT2D eigenvalue weighted by Crippen LogP contribution is -2.02. The van der Waals surface area contributed by atoms with E-state index in [1.165, 1.54) is 0 Å². The fraction of sp³-hybridized carbons (Fsp3) is 0.250. The standard InChI is InChI=1S/C16H15BrN2O2/c1-2-20-16-8-12(9-17)5-6-15(16)21-11-13-4-3-7-19-14(13)10-18/h3-8H,2,9,11H2,1H3. The lowest BCUT2D eigenvalue weighted by Gasteiger charge is -2.13. The van der Waals surface area contributed by atoms with Crippen molar-refractivity contribution in [1.29, 1.82) is 5.26 Å². The van der Waals surface area contributed by atoms with E-state index in [1.54, 1.807) is 12.3 Å². The maximum absolute atomic E-state index is 9.02.